The summed E-state index contributed by atoms with van der Waals surface area (Å²) in [6.07, 6.45) is -0.448. The summed E-state index contributed by atoms with van der Waals surface area (Å²) >= 11 is 0. The van der Waals surface area contributed by atoms with Crippen LogP contribution < -0.4 is 10.2 Å². The van der Waals surface area contributed by atoms with Gasteiger partial charge in [0.2, 0.25) is 5.91 Å². The maximum absolute atomic E-state index is 12.6. The molecule has 2 saturated heterocycles. The second-order valence-corrected chi connectivity index (χ2v) is 7.17. The summed E-state index contributed by atoms with van der Waals surface area (Å²) in [5, 5.41) is 2.76. The van der Waals surface area contributed by atoms with Crippen LogP contribution in [0.4, 0.5) is 24.5 Å². The van der Waals surface area contributed by atoms with E-state index in [4.69, 9.17) is 0 Å². The van der Waals surface area contributed by atoms with Crippen molar-refractivity contribution in [3.63, 3.8) is 0 Å². The summed E-state index contributed by atoms with van der Waals surface area (Å²) in [6, 6.07) is 7.51. The standard InChI is InChI=1S/C19H24F3N3O2/c20-19(21,22)18(27)25-12-4-5-14(13-25)17(26)23-15-6-8-16(9-7-15)24-10-2-1-3-11-24/h6-9,14H,1-5,10-13H2,(H,23,26). The van der Waals surface area contributed by atoms with Gasteiger partial charge in [-0.2, -0.15) is 13.2 Å². The number of carbonyl (C=O) groups is 2. The van der Waals surface area contributed by atoms with Gasteiger partial charge in [-0.25, -0.2) is 0 Å². The number of nitrogens with one attached hydrogen (secondary N) is 1. The molecule has 2 fully saturated rings. The molecule has 0 spiro atoms. The van der Waals surface area contributed by atoms with Crippen molar-refractivity contribution in [2.75, 3.05) is 36.4 Å². The highest BCUT2D eigenvalue weighted by Crippen LogP contribution is 2.26. The van der Waals surface area contributed by atoms with E-state index >= 15 is 0 Å². The number of halogens is 3. The predicted octanol–water partition coefficient (Wildman–Crippen LogP) is 3.42. The zero-order valence-corrected chi connectivity index (χ0v) is 15.1. The van der Waals surface area contributed by atoms with E-state index in [0.717, 1.165) is 23.7 Å². The van der Waals surface area contributed by atoms with Gasteiger partial charge < -0.3 is 15.1 Å². The SMILES string of the molecule is O=C(Nc1ccc(N2CCCCC2)cc1)C1CCCN(C(=O)C(F)(F)F)C1. The maximum atomic E-state index is 12.6. The number of hydrogen-bond acceptors (Lipinski definition) is 3. The van der Waals surface area contributed by atoms with E-state index in [1.54, 1.807) is 0 Å². The highest BCUT2D eigenvalue weighted by Gasteiger charge is 2.44. The van der Waals surface area contributed by atoms with Crippen molar-refractivity contribution in [1.82, 2.24) is 4.90 Å². The molecule has 0 bridgehead atoms. The maximum Gasteiger partial charge on any atom is 0.471 e. The van der Waals surface area contributed by atoms with Gasteiger partial charge in [-0.05, 0) is 56.4 Å². The summed E-state index contributed by atoms with van der Waals surface area (Å²) < 4.78 is 37.8. The van der Waals surface area contributed by atoms with Crippen molar-refractivity contribution in [3.8, 4) is 0 Å². The van der Waals surface area contributed by atoms with Crippen molar-refractivity contribution in [2.45, 2.75) is 38.3 Å². The molecular formula is C19H24F3N3O2. The largest absolute Gasteiger partial charge is 0.471 e. The molecule has 1 N–H and O–H groups in total. The Kier molecular flexibility index (Phi) is 5.92. The molecule has 1 atom stereocenters. The minimum atomic E-state index is -4.90. The molecule has 0 aromatic heterocycles. The fraction of sp³-hybridized carbons (Fsp3) is 0.579. The van der Waals surface area contributed by atoms with E-state index in [9.17, 15) is 22.8 Å². The van der Waals surface area contributed by atoms with Crippen LogP contribution in [-0.2, 0) is 9.59 Å². The van der Waals surface area contributed by atoms with Gasteiger partial charge in [-0.1, -0.05) is 0 Å². The van der Waals surface area contributed by atoms with Crippen molar-refractivity contribution in [1.29, 1.82) is 0 Å². The molecule has 1 aromatic rings. The van der Waals surface area contributed by atoms with Gasteiger partial charge in [-0.15, -0.1) is 0 Å². The van der Waals surface area contributed by atoms with E-state index in [0.29, 0.717) is 18.5 Å². The summed E-state index contributed by atoms with van der Waals surface area (Å²) in [4.78, 5) is 26.9. The van der Waals surface area contributed by atoms with Gasteiger partial charge in [0.15, 0.2) is 0 Å². The van der Waals surface area contributed by atoms with Gasteiger partial charge in [-0.3, -0.25) is 9.59 Å². The van der Waals surface area contributed by atoms with E-state index in [2.05, 4.69) is 10.2 Å². The topological polar surface area (TPSA) is 52.7 Å². The van der Waals surface area contributed by atoms with E-state index in [1.807, 2.05) is 24.3 Å². The summed E-state index contributed by atoms with van der Waals surface area (Å²) in [5.74, 6) is -2.85. The Hall–Kier alpha value is -2.25. The number of amides is 2. The van der Waals surface area contributed by atoms with E-state index in [-0.39, 0.29) is 19.0 Å². The molecule has 8 heteroatoms. The number of carbonyl (C=O) groups excluding carboxylic acids is 2. The molecule has 2 heterocycles. The van der Waals surface area contributed by atoms with Crippen LogP contribution in [-0.4, -0.2) is 49.1 Å². The number of benzene rings is 1. The molecule has 5 nitrogen and oxygen atoms in total. The van der Waals surface area contributed by atoms with Gasteiger partial charge in [0, 0.05) is 37.6 Å². The number of rotatable bonds is 3. The first-order valence-corrected chi connectivity index (χ1v) is 9.36. The zero-order chi connectivity index (χ0) is 19.4. The van der Waals surface area contributed by atoms with Gasteiger partial charge in [0.05, 0.1) is 5.92 Å². The average molecular weight is 383 g/mol. The third-order valence-electron chi connectivity index (χ3n) is 5.18. The Balaban J connectivity index is 1.57. The Morgan fingerprint density at radius 3 is 2.26 bits per heavy atom. The summed E-state index contributed by atoms with van der Waals surface area (Å²) in [6.45, 7) is 1.89. The quantitative estimate of drug-likeness (QED) is 0.870. The first-order valence-electron chi connectivity index (χ1n) is 9.36. The minimum absolute atomic E-state index is 0.0344. The number of alkyl halides is 3. The molecule has 2 amide bonds. The third-order valence-corrected chi connectivity index (χ3v) is 5.18. The van der Waals surface area contributed by atoms with Crippen LogP contribution in [0.3, 0.4) is 0 Å². The lowest BCUT2D eigenvalue weighted by molar-refractivity contribution is -0.187. The van der Waals surface area contributed by atoms with Crippen LogP contribution in [0.15, 0.2) is 24.3 Å². The van der Waals surface area contributed by atoms with Gasteiger partial charge >= 0.3 is 12.1 Å². The Labute approximate surface area is 156 Å². The van der Waals surface area contributed by atoms with Crippen LogP contribution in [0, 0.1) is 5.92 Å². The molecule has 0 radical (unpaired) electrons. The second-order valence-electron chi connectivity index (χ2n) is 7.17. The lowest BCUT2D eigenvalue weighted by Gasteiger charge is -2.32. The molecule has 0 saturated carbocycles. The first-order chi connectivity index (χ1) is 12.8. The molecule has 2 aliphatic heterocycles. The molecule has 27 heavy (non-hydrogen) atoms. The highest BCUT2D eigenvalue weighted by molar-refractivity contribution is 5.93. The monoisotopic (exact) mass is 383 g/mol. The van der Waals surface area contributed by atoms with Crippen LogP contribution in [0.2, 0.25) is 0 Å². The Morgan fingerprint density at radius 1 is 0.963 bits per heavy atom. The zero-order valence-electron chi connectivity index (χ0n) is 15.1. The number of anilines is 2. The van der Waals surface area contributed by atoms with Gasteiger partial charge in [0.1, 0.15) is 0 Å². The van der Waals surface area contributed by atoms with Crippen LogP contribution in [0.5, 0.6) is 0 Å². The normalized spacial score (nSPS) is 21.1. The number of hydrogen-bond donors (Lipinski definition) is 1. The fourth-order valence-electron chi connectivity index (χ4n) is 3.71. The summed E-state index contributed by atoms with van der Waals surface area (Å²) in [5.41, 5.74) is 1.72. The number of piperidine rings is 2. The molecule has 1 unspecified atom stereocenters. The summed E-state index contributed by atoms with van der Waals surface area (Å²) in [7, 11) is 0. The number of likely N-dealkylation sites (tertiary alicyclic amines) is 1. The molecule has 1 aromatic carbocycles. The second kappa shape index (κ2) is 8.19. The molecule has 0 aliphatic carbocycles. The highest BCUT2D eigenvalue weighted by atomic mass is 19.4. The van der Waals surface area contributed by atoms with E-state index in [1.165, 1.54) is 19.3 Å². The Morgan fingerprint density at radius 2 is 1.63 bits per heavy atom. The lowest BCUT2D eigenvalue weighted by atomic mass is 9.97. The minimum Gasteiger partial charge on any atom is -0.372 e. The molecule has 2 aliphatic rings. The predicted molar refractivity (Wildman–Crippen MR) is 96.5 cm³/mol. The van der Waals surface area contributed by atoms with Crippen molar-refractivity contribution < 1.29 is 22.8 Å². The Bertz CT molecular complexity index is 670. The first kappa shape index (κ1) is 19.5. The van der Waals surface area contributed by atoms with Crippen LogP contribution in [0.1, 0.15) is 32.1 Å². The fourth-order valence-corrected chi connectivity index (χ4v) is 3.71. The third kappa shape index (κ3) is 4.93. The molecule has 148 valence electrons. The average Bonchev–Trinajstić information content (AvgIpc) is 2.68. The smallest absolute Gasteiger partial charge is 0.372 e. The molecule has 3 rings (SSSR count). The van der Waals surface area contributed by atoms with Crippen molar-refractivity contribution in [2.24, 2.45) is 5.92 Å². The molecular weight excluding hydrogens is 359 g/mol. The number of nitrogens with zero attached hydrogens (tertiary/aromatic N) is 2. The van der Waals surface area contributed by atoms with Crippen molar-refractivity contribution >= 4 is 23.2 Å². The van der Waals surface area contributed by atoms with Gasteiger partial charge in [0.25, 0.3) is 0 Å². The lowest BCUT2D eigenvalue weighted by Crippen LogP contribution is -2.48. The van der Waals surface area contributed by atoms with Crippen LogP contribution in [0.25, 0.3) is 0 Å². The van der Waals surface area contributed by atoms with Crippen molar-refractivity contribution in [3.05, 3.63) is 24.3 Å². The van der Waals surface area contributed by atoms with Crippen LogP contribution >= 0.6 is 0 Å². The van der Waals surface area contributed by atoms with E-state index < -0.39 is 18.0 Å².